The number of sulfonamides is 1. The van der Waals surface area contributed by atoms with Crippen molar-refractivity contribution in [3.8, 4) is 0 Å². The highest BCUT2D eigenvalue weighted by atomic mass is 127. The third-order valence-electron chi connectivity index (χ3n) is 4.70. The first-order valence-electron chi connectivity index (χ1n) is 9.53. The van der Waals surface area contributed by atoms with Gasteiger partial charge in [0.15, 0.2) is 5.96 Å². The molecule has 0 spiro atoms. The number of rotatable bonds is 6. The first-order chi connectivity index (χ1) is 13.6. The van der Waals surface area contributed by atoms with Crippen LogP contribution in [0.15, 0.2) is 58.5 Å². The van der Waals surface area contributed by atoms with Crippen LogP contribution in [0.5, 0.6) is 0 Å². The lowest BCUT2D eigenvalue weighted by Crippen LogP contribution is -2.37. The molecule has 9 heteroatoms. The van der Waals surface area contributed by atoms with E-state index in [9.17, 15) is 8.42 Å². The van der Waals surface area contributed by atoms with Gasteiger partial charge in [0.25, 0.3) is 0 Å². The highest BCUT2D eigenvalue weighted by Crippen LogP contribution is 2.21. The van der Waals surface area contributed by atoms with Crippen molar-refractivity contribution in [3.05, 3.63) is 59.9 Å². The molecule has 29 heavy (non-hydrogen) atoms. The van der Waals surface area contributed by atoms with E-state index in [2.05, 4.69) is 20.6 Å². The van der Waals surface area contributed by atoms with Crippen LogP contribution in [-0.2, 0) is 23.1 Å². The van der Waals surface area contributed by atoms with Gasteiger partial charge in [0.2, 0.25) is 10.0 Å². The van der Waals surface area contributed by atoms with Gasteiger partial charge in [-0.3, -0.25) is 9.98 Å². The number of guanidine groups is 1. The van der Waals surface area contributed by atoms with Crippen LogP contribution in [0.4, 0.5) is 0 Å². The summed E-state index contributed by atoms with van der Waals surface area (Å²) in [6.45, 7) is 2.25. The van der Waals surface area contributed by atoms with Crippen molar-refractivity contribution in [3.63, 3.8) is 0 Å². The van der Waals surface area contributed by atoms with Crippen molar-refractivity contribution in [2.24, 2.45) is 4.99 Å². The number of hydrogen-bond acceptors (Lipinski definition) is 4. The summed E-state index contributed by atoms with van der Waals surface area (Å²) in [5, 5.41) is 6.42. The molecular formula is C20H28IN5O2S. The van der Waals surface area contributed by atoms with Gasteiger partial charge in [0, 0.05) is 32.9 Å². The summed E-state index contributed by atoms with van der Waals surface area (Å²) >= 11 is 0. The topological polar surface area (TPSA) is 86.7 Å². The Labute approximate surface area is 190 Å². The Morgan fingerprint density at radius 2 is 1.83 bits per heavy atom. The zero-order chi connectivity index (χ0) is 19.8. The number of piperidine rings is 1. The molecule has 0 aliphatic carbocycles. The van der Waals surface area contributed by atoms with Gasteiger partial charge in [-0.15, -0.1) is 24.0 Å². The Morgan fingerprint density at radius 3 is 2.52 bits per heavy atom. The Kier molecular flexibility index (Phi) is 9.31. The standard InChI is InChI=1S/C20H27N5O2S.HI/c1-21-20(24-16-18-9-3-4-11-22-18)23-15-17-8-7-10-19(14-17)28(26,27)25-12-5-2-6-13-25;/h3-4,7-11,14H,2,5-6,12-13,15-16H2,1H3,(H2,21,23,24);1H. The molecule has 2 N–H and O–H groups in total. The van der Waals surface area contributed by atoms with Crippen molar-refractivity contribution in [1.29, 1.82) is 0 Å². The maximum Gasteiger partial charge on any atom is 0.243 e. The number of nitrogens with zero attached hydrogens (tertiary/aromatic N) is 3. The largest absolute Gasteiger partial charge is 0.352 e. The lowest BCUT2D eigenvalue weighted by atomic mass is 10.2. The fraction of sp³-hybridized carbons (Fsp3) is 0.400. The number of benzene rings is 1. The van der Waals surface area contributed by atoms with Crippen molar-refractivity contribution >= 4 is 40.0 Å². The molecule has 0 atom stereocenters. The fourth-order valence-corrected chi connectivity index (χ4v) is 4.74. The zero-order valence-electron chi connectivity index (χ0n) is 16.5. The number of pyridine rings is 1. The van der Waals surface area contributed by atoms with Gasteiger partial charge in [-0.25, -0.2) is 8.42 Å². The van der Waals surface area contributed by atoms with Gasteiger partial charge in [-0.2, -0.15) is 4.31 Å². The van der Waals surface area contributed by atoms with E-state index in [-0.39, 0.29) is 24.0 Å². The van der Waals surface area contributed by atoms with Gasteiger partial charge >= 0.3 is 0 Å². The molecule has 1 aliphatic rings. The second-order valence-corrected chi connectivity index (χ2v) is 8.65. The number of aromatic nitrogens is 1. The van der Waals surface area contributed by atoms with Gasteiger partial charge in [0.1, 0.15) is 0 Å². The molecule has 0 amide bonds. The van der Waals surface area contributed by atoms with Gasteiger partial charge in [-0.05, 0) is 42.7 Å². The minimum atomic E-state index is -3.42. The zero-order valence-corrected chi connectivity index (χ0v) is 19.7. The molecule has 158 valence electrons. The Bertz CT molecular complexity index is 900. The van der Waals surface area contributed by atoms with Crippen LogP contribution < -0.4 is 10.6 Å². The molecule has 1 fully saturated rings. The first kappa shape index (κ1) is 23.6. The summed E-state index contributed by atoms with van der Waals surface area (Å²) in [7, 11) is -1.72. The van der Waals surface area contributed by atoms with E-state index in [1.165, 1.54) is 0 Å². The minimum absolute atomic E-state index is 0. The molecule has 1 saturated heterocycles. The molecule has 2 aromatic rings. The SMILES string of the molecule is CN=C(NCc1cccc(S(=O)(=O)N2CCCCC2)c1)NCc1ccccn1.I. The number of hydrogen-bond donors (Lipinski definition) is 2. The molecule has 0 bridgehead atoms. The lowest BCUT2D eigenvalue weighted by Gasteiger charge is -2.26. The van der Waals surface area contributed by atoms with E-state index in [0.29, 0.717) is 37.0 Å². The monoisotopic (exact) mass is 529 g/mol. The summed E-state index contributed by atoms with van der Waals surface area (Å²) in [5.74, 6) is 0.634. The summed E-state index contributed by atoms with van der Waals surface area (Å²) in [6.07, 6.45) is 4.71. The highest BCUT2D eigenvalue weighted by molar-refractivity contribution is 14.0. The second kappa shape index (κ2) is 11.5. The lowest BCUT2D eigenvalue weighted by molar-refractivity contribution is 0.346. The average Bonchev–Trinajstić information content (AvgIpc) is 2.75. The predicted octanol–water partition coefficient (Wildman–Crippen LogP) is 2.74. The highest BCUT2D eigenvalue weighted by Gasteiger charge is 2.25. The van der Waals surface area contributed by atoms with Crippen LogP contribution >= 0.6 is 24.0 Å². The fourth-order valence-electron chi connectivity index (χ4n) is 3.15. The smallest absolute Gasteiger partial charge is 0.243 e. The summed E-state index contributed by atoms with van der Waals surface area (Å²) in [5.41, 5.74) is 1.80. The van der Waals surface area contributed by atoms with Crippen molar-refractivity contribution in [1.82, 2.24) is 19.9 Å². The van der Waals surface area contributed by atoms with Crippen molar-refractivity contribution < 1.29 is 8.42 Å². The van der Waals surface area contributed by atoms with Crippen LogP contribution in [0.25, 0.3) is 0 Å². The summed E-state index contributed by atoms with van der Waals surface area (Å²) in [4.78, 5) is 8.82. The summed E-state index contributed by atoms with van der Waals surface area (Å²) < 4.78 is 27.3. The van der Waals surface area contributed by atoms with Gasteiger partial charge < -0.3 is 10.6 Å². The van der Waals surface area contributed by atoms with Gasteiger partial charge in [-0.1, -0.05) is 24.6 Å². The van der Waals surface area contributed by atoms with Crippen LogP contribution in [0.1, 0.15) is 30.5 Å². The molecular weight excluding hydrogens is 501 g/mol. The Balaban J connectivity index is 0.00000300. The molecule has 0 saturated carbocycles. The van der Waals surface area contributed by atoms with Gasteiger partial charge in [0.05, 0.1) is 17.1 Å². The van der Waals surface area contributed by atoms with Crippen LogP contribution in [0, 0.1) is 0 Å². The third-order valence-corrected chi connectivity index (χ3v) is 6.59. The number of aliphatic imine (C=N–C) groups is 1. The van der Waals surface area contributed by atoms with Crippen LogP contribution in [0.3, 0.4) is 0 Å². The molecule has 2 heterocycles. The number of halogens is 1. The maximum absolute atomic E-state index is 12.9. The molecule has 3 rings (SSSR count). The normalized spacial score (nSPS) is 15.4. The number of nitrogens with one attached hydrogen (secondary N) is 2. The molecule has 0 radical (unpaired) electrons. The second-order valence-electron chi connectivity index (χ2n) is 6.71. The maximum atomic E-state index is 12.9. The Hall–Kier alpha value is -1.72. The van der Waals surface area contributed by atoms with Crippen molar-refractivity contribution in [2.75, 3.05) is 20.1 Å². The Morgan fingerprint density at radius 1 is 1.07 bits per heavy atom. The van der Waals surface area contributed by atoms with E-state index >= 15 is 0 Å². The first-order valence-corrected chi connectivity index (χ1v) is 11.0. The van der Waals surface area contributed by atoms with Crippen LogP contribution in [0.2, 0.25) is 0 Å². The van der Waals surface area contributed by atoms with E-state index in [1.54, 1.807) is 35.7 Å². The molecule has 1 aromatic heterocycles. The third kappa shape index (κ3) is 6.65. The molecule has 1 aromatic carbocycles. The molecule has 1 aliphatic heterocycles. The van der Waals surface area contributed by atoms with E-state index in [0.717, 1.165) is 30.5 Å². The van der Waals surface area contributed by atoms with E-state index in [4.69, 9.17) is 0 Å². The summed E-state index contributed by atoms with van der Waals surface area (Å²) in [6, 6.07) is 12.9. The molecule has 0 unspecified atom stereocenters. The van der Waals surface area contributed by atoms with Crippen LogP contribution in [-0.4, -0.2) is 43.8 Å². The quantitative estimate of drug-likeness (QED) is 0.342. The molecule has 7 nitrogen and oxygen atoms in total. The van der Waals surface area contributed by atoms with E-state index in [1.807, 2.05) is 24.3 Å². The minimum Gasteiger partial charge on any atom is -0.352 e. The predicted molar refractivity (Wildman–Crippen MR) is 126 cm³/mol. The average molecular weight is 529 g/mol. The van der Waals surface area contributed by atoms with Crippen molar-refractivity contribution in [2.45, 2.75) is 37.2 Å². The van der Waals surface area contributed by atoms with E-state index < -0.39 is 10.0 Å².